The van der Waals surface area contributed by atoms with Crippen LogP contribution in [-0.4, -0.2) is 19.3 Å². The van der Waals surface area contributed by atoms with Gasteiger partial charge in [-0.2, -0.15) is 0 Å². The standard InChI is InChI=1S/C19H19N3O3S2/c1-11-4-6-14(7-5-11)19-22-17(10-26-19)18(23)21-16-9-15(27(20,24)25)8-12(2)13(16)3/h4-10H,1-3H3,(H,21,23)(H2,20,24,25). The maximum absolute atomic E-state index is 12.6. The Kier molecular flexibility index (Phi) is 5.14. The molecule has 0 bridgehead atoms. The van der Waals surface area contributed by atoms with Gasteiger partial charge in [0.25, 0.3) is 5.91 Å². The summed E-state index contributed by atoms with van der Waals surface area (Å²) >= 11 is 1.37. The smallest absolute Gasteiger partial charge is 0.275 e. The molecule has 0 radical (unpaired) electrons. The van der Waals surface area contributed by atoms with Crippen molar-refractivity contribution in [1.29, 1.82) is 0 Å². The summed E-state index contributed by atoms with van der Waals surface area (Å²) < 4.78 is 23.3. The third kappa shape index (κ3) is 4.24. The van der Waals surface area contributed by atoms with Crippen molar-refractivity contribution in [3.63, 3.8) is 0 Å². The van der Waals surface area contributed by atoms with E-state index in [0.29, 0.717) is 5.69 Å². The van der Waals surface area contributed by atoms with Gasteiger partial charge in [-0.15, -0.1) is 11.3 Å². The number of aromatic nitrogens is 1. The first-order valence-corrected chi connectivity index (χ1v) is 10.6. The number of thiazole rings is 1. The van der Waals surface area contributed by atoms with Crippen molar-refractivity contribution in [3.8, 4) is 10.6 Å². The number of hydrogen-bond acceptors (Lipinski definition) is 5. The summed E-state index contributed by atoms with van der Waals surface area (Å²) in [6, 6.07) is 10.7. The van der Waals surface area contributed by atoms with Crippen molar-refractivity contribution < 1.29 is 13.2 Å². The molecule has 6 nitrogen and oxygen atoms in total. The number of anilines is 1. The quantitative estimate of drug-likeness (QED) is 0.697. The summed E-state index contributed by atoms with van der Waals surface area (Å²) in [5, 5.41) is 10.4. The van der Waals surface area contributed by atoms with E-state index < -0.39 is 15.9 Å². The summed E-state index contributed by atoms with van der Waals surface area (Å²) in [7, 11) is -3.87. The molecule has 0 fully saturated rings. The zero-order valence-electron chi connectivity index (χ0n) is 15.1. The van der Waals surface area contributed by atoms with E-state index in [2.05, 4.69) is 10.3 Å². The summed E-state index contributed by atoms with van der Waals surface area (Å²) in [6.45, 7) is 5.57. The summed E-state index contributed by atoms with van der Waals surface area (Å²) in [4.78, 5) is 16.9. The fraction of sp³-hybridized carbons (Fsp3) is 0.158. The highest BCUT2D eigenvalue weighted by Crippen LogP contribution is 2.26. The second-order valence-electron chi connectivity index (χ2n) is 6.32. The number of hydrogen-bond donors (Lipinski definition) is 2. The molecule has 0 unspecified atom stereocenters. The lowest BCUT2D eigenvalue weighted by molar-refractivity contribution is 0.102. The van der Waals surface area contributed by atoms with Crippen LogP contribution < -0.4 is 10.5 Å². The van der Waals surface area contributed by atoms with Crippen LogP contribution in [0.3, 0.4) is 0 Å². The molecule has 0 aliphatic heterocycles. The largest absolute Gasteiger partial charge is 0.320 e. The van der Waals surface area contributed by atoms with E-state index in [4.69, 9.17) is 5.14 Å². The maximum Gasteiger partial charge on any atom is 0.275 e. The normalized spacial score (nSPS) is 11.4. The van der Waals surface area contributed by atoms with Gasteiger partial charge in [0.1, 0.15) is 10.7 Å². The highest BCUT2D eigenvalue weighted by atomic mass is 32.2. The first-order chi connectivity index (χ1) is 12.6. The zero-order chi connectivity index (χ0) is 19.8. The van der Waals surface area contributed by atoms with Crippen LogP contribution in [0.2, 0.25) is 0 Å². The number of nitrogens with two attached hydrogens (primary N) is 1. The van der Waals surface area contributed by atoms with E-state index in [1.54, 1.807) is 19.2 Å². The molecule has 1 aromatic heterocycles. The fourth-order valence-corrected chi connectivity index (χ4v) is 3.94. The van der Waals surface area contributed by atoms with Crippen LogP contribution in [0, 0.1) is 20.8 Å². The Bertz CT molecular complexity index is 1120. The molecule has 3 rings (SSSR count). The SMILES string of the molecule is Cc1ccc(-c2nc(C(=O)Nc3cc(S(N)(=O)=O)cc(C)c3C)cs2)cc1. The van der Waals surface area contributed by atoms with Gasteiger partial charge in [-0.25, -0.2) is 18.5 Å². The molecule has 27 heavy (non-hydrogen) atoms. The second kappa shape index (κ2) is 7.22. The number of benzene rings is 2. The molecular weight excluding hydrogens is 382 g/mol. The van der Waals surface area contributed by atoms with Gasteiger partial charge in [0, 0.05) is 16.6 Å². The summed E-state index contributed by atoms with van der Waals surface area (Å²) in [5.74, 6) is -0.404. The first-order valence-electron chi connectivity index (χ1n) is 8.13. The van der Waals surface area contributed by atoms with Gasteiger partial charge in [0.05, 0.1) is 4.90 Å². The van der Waals surface area contributed by atoms with Gasteiger partial charge >= 0.3 is 0 Å². The van der Waals surface area contributed by atoms with Crippen LogP contribution in [0.5, 0.6) is 0 Å². The molecule has 1 amide bonds. The lowest BCUT2D eigenvalue weighted by Crippen LogP contribution is -2.16. The Hall–Kier alpha value is -2.55. The van der Waals surface area contributed by atoms with Gasteiger partial charge < -0.3 is 5.32 Å². The predicted molar refractivity (Wildman–Crippen MR) is 108 cm³/mol. The Balaban J connectivity index is 1.88. The molecule has 140 valence electrons. The lowest BCUT2D eigenvalue weighted by atomic mass is 10.1. The Morgan fingerprint density at radius 1 is 1.11 bits per heavy atom. The van der Waals surface area contributed by atoms with Crippen molar-refractivity contribution in [3.05, 3.63) is 64.2 Å². The molecule has 0 saturated carbocycles. The zero-order valence-corrected chi connectivity index (χ0v) is 16.7. The topological polar surface area (TPSA) is 102 Å². The number of carbonyl (C=O) groups is 1. The minimum Gasteiger partial charge on any atom is -0.320 e. The Morgan fingerprint density at radius 3 is 2.41 bits per heavy atom. The second-order valence-corrected chi connectivity index (χ2v) is 8.74. The molecule has 1 heterocycles. The van der Waals surface area contributed by atoms with E-state index in [-0.39, 0.29) is 10.6 Å². The van der Waals surface area contributed by atoms with Crippen LogP contribution in [-0.2, 0) is 10.0 Å². The monoisotopic (exact) mass is 401 g/mol. The third-order valence-corrected chi connectivity index (χ3v) is 6.04. The number of primary sulfonamides is 1. The van der Waals surface area contributed by atoms with Crippen molar-refractivity contribution in [2.24, 2.45) is 5.14 Å². The van der Waals surface area contributed by atoms with E-state index in [1.165, 1.54) is 23.5 Å². The highest BCUT2D eigenvalue weighted by Gasteiger charge is 2.17. The number of nitrogens with one attached hydrogen (secondary N) is 1. The number of amides is 1. The summed E-state index contributed by atoms with van der Waals surface area (Å²) in [6.07, 6.45) is 0. The molecule has 0 saturated heterocycles. The van der Waals surface area contributed by atoms with Crippen LogP contribution in [0.1, 0.15) is 27.2 Å². The van der Waals surface area contributed by atoms with Crippen LogP contribution in [0.15, 0.2) is 46.7 Å². The molecule has 0 aliphatic carbocycles. The van der Waals surface area contributed by atoms with Gasteiger partial charge in [-0.05, 0) is 44.0 Å². The number of sulfonamides is 1. The fourth-order valence-electron chi connectivity index (χ4n) is 2.51. The van der Waals surface area contributed by atoms with E-state index >= 15 is 0 Å². The van der Waals surface area contributed by atoms with Gasteiger partial charge in [-0.1, -0.05) is 29.8 Å². The minimum absolute atomic E-state index is 0.0421. The highest BCUT2D eigenvalue weighted by molar-refractivity contribution is 7.89. The Morgan fingerprint density at radius 2 is 1.78 bits per heavy atom. The molecule has 0 spiro atoms. The van der Waals surface area contributed by atoms with Crippen molar-refractivity contribution >= 4 is 33.0 Å². The van der Waals surface area contributed by atoms with Crippen LogP contribution >= 0.6 is 11.3 Å². The lowest BCUT2D eigenvalue weighted by Gasteiger charge is -2.12. The molecular formula is C19H19N3O3S2. The van der Waals surface area contributed by atoms with Gasteiger partial charge in [0.2, 0.25) is 10.0 Å². The van der Waals surface area contributed by atoms with Crippen LogP contribution in [0.25, 0.3) is 10.6 Å². The molecule has 3 N–H and O–H groups in total. The molecule has 0 aliphatic rings. The Labute approximate surface area is 162 Å². The van der Waals surface area contributed by atoms with Gasteiger partial charge in [-0.3, -0.25) is 4.79 Å². The number of carbonyl (C=O) groups excluding carboxylic acids is 1. The third-order valence-electron chi connectivity index (χ3n) is 4.25. The van der Waals surface area contributed by atoms with E-state index in [1.807, 2.05) is 31.2 Å². The van der Waals surface area contributed by atoms with E-state index in [9.17, 15) is 13.2 Å². The predicted octanol–water partition coefficient (Wildman–Crippen LogP) is 3.64. The van der Waals surface area contributed by atoms with E-state index in [0.717, 1.165) is 27.3 Å². The molecule has 0 atom stereocenters. The molecule has 2 aromatic carbocycles. The first kappa shape index (κ1) is 19.2. The maximum atomic E-state index is 12.6. The average Bonchev–Trinajstić information content (AvgIpc) is 3.08. The van der Waals surface area contributed by atoms with Crippen LogP contribution in [0.4, 0.5) is 5.69 Å². The number of aryl methyl sites for hydroxylation is 2. The van der Waals surface area contributed by atoms with Crippen molar-refractivity contribution in [1.82, 2.24) is 4.98 Å². The summed E-state index contributed by atoms with van der Waals surface area (Å²) in [5.41, 5.74) is 4.24. The number of rotatable bonds is 4. The average molecular weight is 402 g/mol. The molecule has 8 heteroatoms. The minimum atomic E-state index is -3.87. The number of nitrogens with zero attached hydrogens (tertiary/aromatic N) is 1. The molecule has 3 aromatic rings. The van der Waals surface area contributed by atoms with Crippen molar-refractivity contribution in [2.45, 2.75) is 25.7 Å². The van der Waals surface area contributed by atoms with Gasteiger partial charge in [0.15, 0.2) is 0 Å². The van der Waals surface area contributed by atoms with Crippen molar-refractivity contribution in [2.75, 3.05) is 5.32 Å².